The molecule has 0 atom stereocenters. The number of aliphatic carboxylic acids is 1. The average molecular weight is 180 g/mol. The molecule has 0 radical (unpaired) electrons. The average Bonchev–Trinajstić information content (AvgIpc) is 2.75. The highest BCUT2D eigenvalue weighted by Crippen LogP contribution is 2.40. The number of carbonyl (C=O) groups is 1. The van der Waals surface area contributed by atoms with Crippen molar-refractivity contribution in [3.63, 3.8) is 0 Å². The van der Waals surface area contributed by atoms with Gasteiger partial charge in [0.2, 0.25) is 0 Å². The fraction of sp³-hybridized carbons (Fsp3) is 0.556. The predicted molar refractivity (Wildman–Crippen MR) is 46.4 cm³/mol. The summed E-state index contributed by atoms with van der Waals surface area (Å²) in [4.78, 5) is 11.2. The van der Waals surface area contributed by atoms with Gasteiger partial charge in [-0.2, -0.15) is 5.10 Å². The molecule has 0 spiro atoms. The third kappa shape index (κ3) is 1.13. The number of hydrogen-bond donors (Lipinski definition) is 2. The highest BCUT2D eigenvalue weighted by atomic mass is 16.4. The second kappa shape index (κ2) is 2.87. The normalized spacial score (nSPS) is 20.3. The van der Waals surface area contributed by atoms with Crippen LogP contribution in [0.1, 0.15) is 31.2 Å². The third-order valence-corrected chi connectivity index (χ3v) is 2.92. The van der Waals surface area contributed by atoms with Gasteiger partial charge in [0.05, 0.1) is 11.6 Å². The van der Waals surface area contributed by atoms with Crippen molar-refractivity contribution in [2.24, 2.45) is 0 Å². The van der Waals surface area contributed by atoms with E-state index in [2.05, 4.69) is 10.2 Å². The molecule has 0 amide bonds. The number of carboxylic acids is 1. The molecular weight excluding hydrogens is 168 g/mol. The topological polar surface area (TPSA) is 66.0 Å². The zero-order chi connectivity index (χ0) is 9.31. The zero-order valence-electron chi connectivity index (χ0n) is 7.29. The first-order valence-corrected chi connectivity index (χ1v) is 4.48. The van der Waals surface area contributed by atoms with E-state index in [9.17, 15) is 9.90 Å². The minimum atomic E-state index is -0.716. The quantitative estimate of drug-likeness (QED) is 0.721. The van der Waals surface area contributed by atoms with Crippen LogP contribution < -0.4 is 0 Å². The second-order valence-corrected chi connectivity index (χ2v) is 3.58. The molecule has 1 saturated carbocycles. The summed E-state index contributed by atoms with van der Waals surface area (Å²) in [6.45, 7) is 0. The molecule has 13 heavy (non-hydrogen) atoms. The molecule has 0 saturated heterocycles. The van der Waals surface area contributed by atoms with E-state index in [0.29, 0.717) is 0 Å². The summed E-state index contributed by atoms with van der Waals surface area (Å²) in [5.41, 5.74) is 0.157. The highest BCUT2D eigenvalue weighted by Gasteiger charge is 2.43. The van der Waals surface area contributed by atoms with Gasteiger partial charge in [0.1, 0.15) is 0 Å². The largest absolute Gasteiger partial charge is 0.481 e. The van der Waals surface area contributed by atoms with Gasteiger partial charge >= 0.3 is 5.97 Å². The summed E-state index contributed by atoms with van der Waals surface area (Å²) < 4.78 is 0. The Bertz CT molecular complexity index is 299. The van der Waals surface area contributed by atoms with E-state index in [-0.39, 0.29) is 0 Å². The standard InChI is InChI=1S/C9H12N2O2/c12-8(13)9(3-1-2-4-9)7-5-10-11-6-7/h5-6H,1-4H2,(H,10,11)(H,12,13). The zero-order valence-corrected chi connectivity index (χ0v) is 7.29. The van der Waals surface area contributed by atoms with Crippen LogP contribution in [0, 0.1) is 0 Å². The molecule has 0 bridgehead atoms. The van der Waals surface area contributed by atoms with Crippen LogP contribution in [0.3, 0.4) is 0 Å². The van der Waals surface area contributed by atoms with Gasteiger partial charge in [-0.05, 0) is 12.8 Å². The van der Waals surface area contributed by atoms with Crippen LogP contribution in [-0.4, -0.2) is 21.3 Å². The molecule has 1 aromatic rings. The lowest BCUT2D eigenvalue weighted by Gasteiger charge is -2.21. The van der Waals surface area contributed by atoms with Crippen LogP contribution in [0.15, 0.2) is 12.4 Å². The molecule has 2 rings (SSSR count). The Morgan fingerprint density at radius 2 is 2.23 bits per heavy atom. The summed E-state index contributed by atoms with van der Waals surface area (Å²) in [5.74, 6) is -0.716. The molecule has 2 N–H and O–H groups in total. The maximum Gasteiger partial charge on any atom is 0.314 e. The number of nitrogens with one attached hydrogen (secondary N) is 1. The van der Waals surface area contributed by atoms with Gasteiger partial charge < -0.3 is 5.11 Å². The number of carboxylic acid groups (broad SMARTS) is 1. The number of aromatic amines is 1. The van der Waals surface area contributed by atoms with Gasteiger partial charge in [-0.15, -0.1) is 0 Å². The lowest BCUT2D eigenvalue weighted by atomic mass is 9.81. The minimum absolute atomic E-state index is 0.660. The smallest absolute Gasteiger partial charge is 0.314 e. The Labute approximate surface area is 76.0 Å². The molecule has 1 heterocycles. The predicted octanol–water partition coefficient (Wildman–Crippen LogP) is 1.31. The Morgan fingerprint density at radius 1 is 1.54 bits per heavy atom. The molecule has 0 unspecified atom stereocenters. The van der Waals surface area contributed by atoms with Crippen molar-refractivity contribution >= 4 is 5.97 Å². The summed E-state index contributed by atoms with van der Waals surface area (Å²) in [6, 6.07) is 0. The highest BCUT2D eigenvalue weighted by molar-refractivity contribution is 5.81. The summed E-state index contributed by atoms with van der Waals surface area (Å²) in [6.07, 6.45) is 6.79. The van der Waals surface area contributed by atoms with Crippen LogP contribution in [0.4, 0.5) is 0 Å². The number of nitrogens with zero attached hydrogens (tertiary/aromatic N) is 1. The summed E-state index contributed by atoms with van der Waals surface area (Å²) in [7, 11) is 0. The van der Waals surface area contributed by atoms with Gasteiger partial charge in [0.25, 0.3) is 0 Å². The first-order valence-electron chi connectivity index (χ1n) is 4.48. The first-order chi connectivity index (χ1) is 6.26. The molecule has 70 valence electrons. The molecule has 0 aliphatic heterocycles. The minimum Gasteiger partial charge on any atom is -0.481 e. The molecule has 1 fully saturated rings. The third-order valence-electron chi connectivity index (χ3n) is 2.92. The maximum absolute atomic E-state index is 11.2. The van der Waals surface area contributed by atoms with Crippen LogP contribution in [-0.2, 0) is 10.2 Å². The second-order valence-electron chi connectivity index (χ2n) is 3.58. The van der Waals surface area contributed by atoms with E-state index < -0.39 is 11.4 Å². The van der Waals surface area contributed by atoms with E-state index in [1.165, 1.54) is 0 Å². The van der Waals surface area contributed by atoms with Gasteiger partial charge in [-0.1, -0.05) is 12.8 Å². The number of H-pyrrole nitrogens is 1. The molecule has 4 heteroatoms. The SMILES string of the molecule is O=C(O)C1(c2cn[nH]c2)CCCC1. The van der Waals surface area contributed by atoms with Gasteiger partial charge in [0, 0.05) is 11.8 Å². The van der Waals surface area contributed by atoms with Crippen molar-refractivity contribution in [1.29, 1.82) is 0 Å². The maximum atomic E-state index is 11.2. The summed E-state index contributed by atoms with van der Waals surface area (Å²) >= 11 is 0. The molecule has 0 aromatic carbocycles. The number of hydrogen-bond acceptors (Lipinski definition) is 2. The Hall–Kier alpha value is -1.32. The Balaban J connectivity index is 2.39. The van der Waals surface area contributed by atoms with E-state index in [1.54, 1.807) is 12.4 Å². The fourth-order valence-corrected chi connectivity index (χ4v) is 2.12. The monoisotopic (exact) mass is 180 g/mol. The van der Waals surface area contributed by atoms with E-state index >= 15 is 0 Å². The number of aromatic nitrogens is 2. The Morgan fingerprint density at radius 3 is 2.69 bits per heavy atom. The lowest BCUT2D eigenvalue weighted by Crippen LogP contribution is -2.32. The van der Waals surface area contributed by atoms with Gasteiger partial charge in [-0.25, -0.2) is 0 Å². The lowest BCUT2D eigenvalue weighted by molar-refractivity contribution is -0.143. The molecule has 4 nitrogen and oxygen atoms in total. The fourth-order valence-electron chi connectivity index (χ4n) is 2.12. The van der Waals surface area contributed by atoms with Gasteiger partial charge in [-0.3, -0.25) is 9.89 Å². The van der Waals surface area contributed by atoms with Crippen molar-refractivity contribution in [3.05, 3.63) is 18.0 Å². The molecule has 1 aromatic heterocycles. The van der Waals surface area contributed by atoms with Crippen LogP contribution in [0.25, 0.3) is 0 Å². The van der Waals surface area contributed by atoms with E-state index in [4.69, 9.17) is 0 Å². The molecule has 1 aliphatic carbocycles. The van der Waals surface area contributed by atoms with Crippen molar-refractivity contribution in [2.75, 3.05) is 0 Å². The number of rotatable bonds is 2. The van der Waals surface area contributed by atoms with Crippen molar-refractivity contribution in [2.45, 2.75) is 31.1 Å². The van der Waals surface area contributed by atoms with Gasteiger partial charge in [0.15, 0.2) is 0 Å². The molecule has 1 aliphatic rings. The van der Waals surface area contributed by atoms with Crippen molar-refractivity contribution < 1.29 is 9.90 Å². The van der Waals surface area contributed by atoms with E-state index in [0.717, 1.165) is 31.2 Å². The first kappa shape index (κ1) is 8.29. The van der Waals surface area contributed by atoms with E-state index in [1.807, 2.05) is 0 Å². The van der Waals surface area contributed by atoms with Crippen LogP contribution in [0.2, 0.25) is 0 Å². The van der Waals surface area contributed by atoms with Crippen molar-refractivity contribution in [3.8, 4) is 0 Å². The Kier molecular flexibility index (Phi) is 1.83. The van der Waals surface area contributed by atoms with Crippen LogP contribution in [0.5, 0.6) is 0 Å². The van der Waals surface area contributed by atoms with Crippen LogP contribution >= 0.6 is 0 Å². The van der Waals surface area contributed by atoms with Crippen molar-refractivity contribution in [1.82, 2.24) is 10.2 Å². The summed E-state index contributed by atoms with van der Waals surface area (Å²) in [5, 5.41) is 15.7. The molecular formula is C9H12N2O2.